The van der Waals surface area contributed by atoms with E-state index in [2.05, 4.69) is 24.0 Å². The summed E-state index contributed by atoms with van der Waals surface area (Å²) in [4.78, 5) is 46.6. The van der Waals surface area contributed by atoms with E-state index in [1.54, 1.807) is 39.2 Å². The highest BCUT2D eigenvalue weighted by molar-refractivity contribution is 7.22. The minimum absolute atomic E-state index is 0.335. The van der Waals surface area contributed by atoms with Crippen molar-refractivity contribution in [1.82, 2.24) is 14.1 Å². The van der Waals surface area contributed by atoms with Gasteiger partial charge in [0.05, 0.1) is 16.5 Å². The average molecular weight is 584 g/mol. The average Bonchev–Trinajstić information content (AvgIpc) is 3.58. The van der Waals surface area contributed by atoms with Crippen LogP contribution in [0.25, 0.3) is 21.0 Å². The standard InChI is InChI=1S/C28H33N3O5S.2C2H6/c1-8-18-11-9-10-12-19(18)13-15-30-24-20(17(2)21(37-24)22-29-14-16-35-22)23(32)31(26(30)34)28(6,7)25(33)36-27(3,4)5;2*1-2/h9-12,14,16H,8,13,15H2,1-7H3;2*1-2H3. The van der Waals surface area contributed by atoms with E-state index in [0.29, 0.717) is 39.5 Å². The summed E-state index contributed by atoms with van der Waals surface area (Å²) in [6, 6.07) is 8.12. The number of hydrogen-bond acceptors (Lipinski definition) is 7. The zero-order valence-corrected chi connectivity index (χ0v) is 27.2. The predicted octanol–water partition coefficient (Wildman–Crippen LogP) is 7.12. The van der Waals surface area contributed by atoms with Crippen LogP contribution in [-0.2, 0) is 34.5 Å². The Morgan fingerprint density at radius 3 is 2.17 bits per heavy atom. The topological polar surface area (TPSA) is 96.3 Å². The van der Waals surface area contributed by atoms with Crippen molar-refractivity contribution in [2.75, 3.05) is 0 Å². The van der Waals surface area contributed by atoms with Crippen LogP contribution in [0.3, 0.4) is 0 Å². The molecular weight excluding hydrogens is 538 g/mol. The van der Waals surface area contributed by atoms with Gasteiger partial charge in [0, 0.05) is 6.54 Å². The Labute approximate surface area is 247 Å². The van der Waals surface area contributed by atoms with E-state index in [1.807, 2.05) is 46.8 Å². The van der Waals surface area contributed by atoms with Gasteiger partial charge in [-0.2, -0.15) is 0 Å². The van der Waals surface area contributed by atoms with Gasteiger partial charge in [0.25, 0.3) is 5.56 Å². The normalized spacial score (nSPS) is 11.4. The molecule has 224 valence electrons. The summed E-state index contributed by atoms with van der Waals surface area (Å²) < 4.78 is 13.8. The maximum absolute atomic E-state index is 14.0. The van der Waals surface area contributed by atoms with Crippen LogP contribution in [0.15, 0.2) is 50.7 Å². The van der Waals surface area contributed by atoms with Crippen molar-refractivity contribution >= 4 is 27.5 Å². The summed E-state index contributed by atoms with van der Waals surface area (Å²) in [5.41, 5.74) is -0.399. The van der Waals surface area contributed by atoms with Crippen LogP contribution in [-0.4, -0.2) is 25.7 Å². The van der Waals surface area contributed by atoms with Crippen molar-refractivity contribution in [1.29, 1.82) is 0 Å². The molecule has 41 heavy (non-hydrogen) atoms. The number of esters is 1. The summed E-state index contributed by atoms with van der Waals surface area (Å²) in [6.45, 7) is 20.6. The van der Waals surface area contributed by atoms with Crippen LogP contribution >= 0.6 is 11.3 Å². The number of carbonyl (C=O) groups is 1. The van der Waals surface area contributed by atoms with Gasteiger partial charge in [-0.1, -0.05) is 58.9 Å². The number of aromatic nitrogens is 3. The largest absolute Gasteiger partial charge is 0.458 e. The summed E-state index contributed by atoms with van der Waals surface area (Å²) in [7, 11) is 0. The first-order valence-corrected chi connectivity index (χ1v) is 15.2. The highest BCUT2D eigenvalue weighted by atomic mass is 32.1. The lowest BCUT2D eigenvalue weighted by atomic mass is 10.0. The molecule has 0 fully saturated rings. The van der Waals surface area contributed by atoms with Gasteiger partial charge < -0.3 is 9.15 Å². The molecule has 0 bridgehead atoms. The Kier molecular flexibility index (Phi) is 11.5. The molecule has 9 heteroatoms. The van der Waals surface area contributed by atoms with Crippen LogP contribution in [0.5, 0.6) is 0 Å². The predicted molar refractivity (Wildman–Crippen MR) is 168 cm³/mol. The highest BCUT2D eigenvalue weighted by Crippen LogP contribution is 2.36. The first-order chi connectivity index (χ1) is 19.4. The van der Waals surface area contributed by atoms with Crippen molar-refractivity contribution < 1.29 is 13.9 Å². The van der Waals surface area contributed by atoms with E-state index in [1.165, 1.54) is 29.4 Å². The number of benzene rings is 1. The molecule has 3 heterocycles. The molecule has 0 saturated carbocycles. The fourth-order valence-corrected chi connectivity index (χ4v) is 5.71. The van der Waals surface area contributed by atoms with Crippen LogP contribution in [0.1, 0.15) is 85.9 Å². The van der Waals surface area contributed by atoms with Crippen LogP contribution in [0, 0.1) is 6.92 Å². The molecule has 4 aromatic rings. The molecule has 0 aliphatic carbocycles. The number of carbonyl (C=O) groups excluding carboxylic acids is 1. The minimum Gasteiger partial charge on any atom is -0.458 e. The number of aryl methyl sites for hydroxylation is 4. The molecule has 0 saturated heterocycles. The van der Waals surface area contributed by atoms with Crippen molar-refractivity contribution in [2.24, 2.45) is 0 Å². The van der Waals surface area contributed by atoms with Gasteiger partial charge in [-0.05, 0) is 71.1 Å². The van der Waals surface area contributed by atoms with Gasteiger partial charge in [0.15, 0.2) is 0 Å². The molecule has 0 amide bonds. The maximum Gasteiger partial charge on any atom is 0.333 e. The lowest BCUT2D eigenvalue weighted by Crippen LogP contribution is -2.54. The number of nitrogens with zero attached hydrogens (tertiary/aromatic N) is 3. The SMILES string of the molecule is CC.CC.CCc1ccccc1CCn1c(=O)n(C(C)(C)C(=O)OC(C)(C)C)c(=O)c2c(C)c(-c3ncco3)sc21. The van der Waals surface area contributed by atoms with E-state index in [9.17, 15) is 14.4 Å². The molecule has 8 nitrogen and oxygen atoms in total. The summed E-state index contributed by atoms with van der Waals surface area (Å²) >= 11 is 1.30. The molecule has 0 N–H and O–H groups in total. The Morgan fingerprint density at radius 2 is 1.63 bits per heavy atom. The first-order valence-electron chi connectivity index (χ1n) is 14.4. The Bertz CT molecular complexity index is 1570. The third-order valence-electron chi connectivity index (χ3n) is 6.40. The number of hydrogen-bond donors (Lipinski definition) is 0. The van der Waals surface area contributed by atoms with E-state index in [-0.39, 0.29) is 0 Å². The molecule has 0 aliphatic heterocycles. The number of oxazole rings is 1. The van der Waals surface area contributed by atoms with Crippen LogP contribution in [0.2, 0.25) is 0 Å². The maximum atomic E-state index is 14.0. The lowest BCUT2D eigenvalue weighted by molar-refractivity contribution is -0.164. The van der Waals surface area contributed by atoms with Crippen molar-refractivity contribution in [3.8, 4) is 10.8 Å². The van der Waals surface area contributed by atoms with Gasteiger partial charge in [-0.25, -0.2) is 19.1 Å². The molecule has 0 radical (unpaired) electrons. The number of ether oxygens (including phenoxy) is 1. The molecule has 0 aliphatic rings. The smallest absolute Gasteiger partial charge is 0.333 e. The summed E-state index contributed by atoms with van der Waals surface area (Å²) in [5.74, 6) is -0.270. The Balaban J connectivity index is 0.00000141. The van der Waals surface area contributed by atoms with Gasteiger partial charge >= 0.3 is 11.7 Å². The minimum atomic E-state index is -1.53. The number of thiophene rings is 1. The van der Waals surface area contributed by atoms with Gasteiger partial charge in [0.2, 0.25) is 5.89 Å². The quantitative estimate of drug-likeness (QED) is 0.215. The number of fused-ring (bicyclic) bond motifs is 1. The lowest BCUT2D eigenvalue weighted by Gasteiger charge is -2.30. The molecular formula is C32H45N3O5S. The molecule has 0 atom stereocenters. The molecule has 0 unspecified atom stereocenters. The zero-order chi connectivity index (χ0) is 31.1. The number of rotatable bonds is 7. The van der Waals surface area contributed by atoms with Gasteiger partial charge in [-0.3, -0.25) is 9.36 Å². The summed E-state index contributed by atoms with van der Waals surface area (Å²) in [6.07, 6.45) is 4.48. The second-order valence-corrected chi connectivity index (χ2v) is 11.6. The summed E-state index contributed by atoms with van der Waals surface area (Å²) in [5, 5.41) is 0.373. The third-order valence-corrected chi connectivity index (χ3v) is 7.70. The fraction of sp³-hybridized carbons (Fsp3) is 0.500. The van der Waals surface area contributed by atoms with Gasteiger partial charge in [0.1, 0.15) is 22.2 Å². The third kappa shape index (κ3) is 7.07. The van der Waals surface area contributed by atoms with Crippen molar-refractivity contribution in [2.45, 2.75) is 107 Å². The van der Waals surface area contributed by atoms with Crippen molar-refractivity contribution in [3.05, 3.63) is 74.3 Å². The molecule has 0 spiro atoms. The van der Waals surface area contributed by atoms with E-state index < -0.39 is 28.4 Å². The molecule has 1 aromatic carbocycles. The first kappa shape index (κ1) is 33.7. The Hall–Kier alpha value is -3.46. The van der Waals surface area contributed by atoms with Crippen LogP contribution < -0.4 is 11.2 Å². The zero-order valence-electron chi connectivity index (χ0n) is 26.4. The van der Waals surface area contributed by atoms with Crippen molar-refractivity contribution in [3.63, 3.8) is 0 Å². The van der Waals surface area contributed by atoms with E-state index >= 15 is 0 Å². The van der Waals surface area contributed by atoms with E-state index in [4.69, 9.17) is 9.15 Å². The Morgan fingerprint density at radius 1 is 1.02 bits per heavy atom. The highest BCUT2D eigenvalue weighted by Gasteiger charge is 2.38. The second kappa shape index (κ2) is 13.9. The molecule has 3 aromatic heterocycles. The monoisotopic (exact) mass is 583 g/mol. The fourth-order valence-electron chi connectivity index (χ4n) is 4.45. The molecule has 4 rings (SSSR count). The van der Waals surface area contributed by atoms with Gasteiger partial charge in [-0.15, -0.1) is 11.3 Å². The second-order valence-electron chi connectivity index (χ2n) is 10.6. The van der Waals surface area contributed by atoms with E-state index in [0.717, 1.165) is 16.6 Å². The van der Waals surface area contributed by atoms with Crippen LogP contribution in [0.4, 0.5) is 0 Å².